The molecular formula is C22H21N3O4S. The summed E-state index contributed by atoms with van der Waals surface area (Å²) in [5.41, 5.74) is 3.64. The molecule has 0 fully saturated rings. The van der Waals surface area contributed by atoms with Crippen LogP contribution in [0, 0.1) is 13.8 Å². The number of ether oxygens (including phenoxy) is 2. The Bertz CT molecular complexity index is 1130. The molecule has 0 saturated carbocycles. The van der Waals surface area contributed by atoms with Gasteiger partial charge in [-0.05, 0) is 43.2 Å². The van der Waals surface area contributed by atoms with Gasteiger partial charge in [0.1, 0.15) is 17.4 Å². The number of hydrogen-bond donors (Lipinski definition) is 1. The Morgan fingerprint density at radius 1 is 1.23 bits per heavy atom. The molecule has 1 aliphatic rings. The Kier molecular flexibility index (Phi) is 5.41. The van der Waals surface area contributed by atoms with Crippen LogP contribution in [0.1, 0.15) is 31.4 Å². The predicted molar refractivity (Wildman–Crippen MR) is 115 cm³/mol. The van der Waals surface area contributed by atoms with Gasteiger partial charge >= 0.3 is 12.0 Å². The number of methoxy groups -OCH3 is 1. The van der Waals surface area contributed by atoms with E-state index in [1.165, 1.54) is 7.11 Å². The number of hydrogen-bond acceptors (Lipinski definition) is 6. The van der Waals surface area contributed by atoms with E-state index < -0.39 is 5.97 Å². The largest absolute Gasteiger partial charge is 0.486 e. The third-order valence-corrected chi connectivity index (χ3v) is 5.74. The van der Waals surface area contributed by atoms with E-state index in [0.29, 0.717) is 30.2 Å². The van der Waals surface area contributed by atoms with E-state index in [-0.39, 0.29) is 6.03 Å². The van der Waals surface area contributed by atoms with Gasteiger partial charge < -0.3 is 14.8 Å². The van der Waals surface area contributed by atoms with Crippen molar-refractivity contribution < 1.29 is 19.1 Å². The van der Waals surface area contributed by atoms with Crippen molar-refractivity contribution in [2.75, 3.05) is 17.3 Å². The summed E-state index contributed by atoms with van der Waals surface area (Å²) in [6.45, 7) is 4.73. The highest BCUT2D eigenvalue weighted by Gasteiger charge is 2.26. The van der Waals surface area contributed by atoms with Crippen LogP contribution in [-0.4, -0.2) is 24.1 Å². The smallest absolute Gasteiger partial charge is 0.337 e. The van der Waals surface area contributed by atoms with Crippen LogP contribution in [-0.2, 0) is 17.9 Å². The molecule has 30 heavy (non-hydrogen) atoms. The van der Waals surface area contributed by atoms with Crippen molar-refractivity contribution in [3.63, 3.8) is 0 Å². The first-order valence-electron chi connectivity index (χ1n) is 9.39. The van der Waals surface area contributed by atoms with Crippen LogP contribution >= 0.6 is 11.3 Å². The molecule has 1 aliphatic heterocycles. The second-order valence-electron chi connectivity index (χ2n) is 6.98. The SMILES string of the molecule is COC(=O)c1ccc2c(c1)NC(=O)N(c1cc(OCc3ncc(C)s3)ccc1C)C2. The summed E-state index contributed by atoms with van der Waals surface area (Å²) >= 11 is 1.60. The van der Waals surface area contributed by atoms with Crippen LogP contribution in [0.4, 0.5) is 16.2 Å². The van der Waals surface area contributed by atoms with E-state index >= 15 is 0 Å². The number of urea groups is 1. The standard InChI is InChI=1S/C22H21N3O4S/c1-13-4-7-17(29-12-20-23-10-14(2)30-20)9-19(13)25-11-16-6-5-15(21(26)28-3)8-18(16)24-22(25)27/h4-10H,11-12H2,1-3H3,(H,24,27). The summed E-state index contributed by atoms with van der Waals surface area (Å²) in [5.74, 6) is 0.230. The third kappa shape index (κ3) is 3.99. The Morgan fingerprint density at radius 3 is 2.80 bits per heavy atom. The lowest BCUT2D eigenvalue weighted by molar-refractivity contribution is 0.0600. The topological polar surface area (TPSA) is 80.8 Å². The number of aromatic nitrogens is 1. The van der Waals surface area contributed by atoms with Crippen molar-refractivity contribution >= 4 is 34.7 Å². The number of carbonyl (C=O) groups is 2. The van der Waals surface area contributed by atoms with Gasteiger partial charge in [-0.3, -0.25) is 4.90 Å². The Hall–Kier alpha value is -3.39. The van der Waals surface area contributed by atoms with Crippen LogP contribution in [0.5, 0.6) is 5.75 Å². The number of aryl methyl sites for hydroxylation is 2. The third-order valence-electron chi connectivity index (χ3n) is 4.85. The minimum absolute atomic E-state index is 0.264. The number of anilines is 2. The van der Waals surface area contributed by atoms with E-state index in [4.69, 9.17) is 9.47 Å². The molecule has 2 amide bonds. The van der Waals surface area contributed by atoms with E-state index in [1.807, 2.05) is 44.3 Å². The van der Waals surface area contributed by atoms with Gasteiger partial charge in [0.05, 0.1) is 24.9 Å². The molecule has 0 unspecified atom stereocenters. The van der Waals surface area contributed by atoms with Crippen LogP contribution in [0.15, 0.2) is 42.6 Å². The van der Waals surface area contributed by atoms with Gasteiger partial charge in [0.15, 0.2) is 0 Å². The van der Waals surface area contributed by atoms with Crippen molar-refractivity contribution in [3.8, 4) is 5.75 Å². The van der Waals surface area contributed by atoms with Gasteiger partial charge in [-0.2, -0.15) is 0 Å². The first kappa shape index (κ1) is 19.9. The summed E-state index contributed by atoms with van der Waals surface area (Å²) in [6.07, 6.45) is 1.82. The lowest BCUT2D eigenvalue weighted by Crippen LogP contribution is -2.39. The molecule has 0 radical (unpaired) electrons. The predicted octanol–water partition coefficient (Wildman–Crippen LogP) is 4.68. The molecule has 1 aromatic heterocycles. The van der Waals surface area contributed by atoms with Gasteiger partial charge in [-0.1, -0.05) is 12.1 Å². The van der Waals surface area contributed by atoms with E-state index in [2.05, 4.69) is 10.3 Å². The average molecular weight is 423 g/mol. The van der Waals surface area contributed by atoms with Crippen molar-refractivity contribution in [2.45, 2.75) is 27.0 Å². The molecule has 3 aromatic rings. The molecule has 1 N–H and O–H groups in total. The number of thiazole rings is 1. The van der Waals surface area contributed by atoms with Gasteiger partial charge in [-0.25, -0.2) is 14.6 Å². The maximum atomic E-state index is 12.8. The lowest BCUT2D eigenvalue weighted by Gasteiger charge is -2.31. The first-order valence-corrected chi connectivity index (χ1v) is 10.2. The van der Waals surface area contributed by atoms with E-state index in [1.54, 1.807) is 28.4 Å². The highest BCUT2D eigenvalue weighted by atomic mass is 32.1. The number of amides is 2. The highest BCUT2D eigenvalue weighted by molar-refractivity contribution is 7.11. The fourth-order valence-corrected chi connectivity index (χ4v) is 3.98. The molecule has 154 valence electrons. The van der Waals surface area contributed by atoms with Gasteiger partial charge in [-0.15, -0.1) is 11.3 Å². The van der Waals surface area contributed by atoms with Crippen LogP contribution in [0.2, 0.25) is 0 Å². The van der Waals surface area contributed by atoms with Gasteiger partial charge in [0.2, 0.25) is 0 Å². The van der Waals surface area contributed by atoms with Gasteiger partial charge in [0, 0.05) is 22.8 Å². The average Bonchev–Trinajstić information content (AvgIpc) is 3.17. The fraction of sp³-hybridized carbons (Fsp3) is 0.227. The molecule has 8 heteroatoms. The number of esters is 1. The molecule has 4 rings (SSSR count). The summed E-state index contributed by atoms with van der Waals surface area (Å²) in [5, 5.41) is 3.77. The highest BCUT2D eigenvalue weighted by Crippen LogP contribution is 2.33. The van der Waals surface area contributed by atoms with E-state index in [0.717, 1.165) is 26.7 Å². The van der Waals surface area contributed by atoms with Gasteiger partial charge in [0.25, 0.3) is 0 Å². The van der Waals surface area contributed by atoms with Crippen molar-refractivity contribution in [3.05, 3.63) is 69.2 Å². The number of nitrogens with one attached hydrogen (secondary N) is 1. The Morgan fingerprint density at radius 2 is 2.07 bits per heavy atom. The fourth-order valence-electron chi connectivity index (χ4n) is 3.28. The summed E-state index contributed by atoms with van der Waals surface area (Å²) in [6, 6.07) is 10.6. The Labute approximate surface area is 178 Å². The molecule has 0 bridgehead atoms. The second kappa shape index (κ2) is 8.16. The molecular weight excluding hydrogens is 402 g/mol. The number of rotatable bonds is 5. The van der Waals surface area contributed by atoms with Crippen molar-refractivity contribution in [1.29, 1.82) is 0 Å². The van der Waals surface area contributed by atoms with E-state index in [9.17, 15) is 9.59 Å². The lowest BCUT2D eigenvalue weighted by atomic mass is 10.1. The zero-order valence-corrected chi connectivity index (χ0v) is 17.7. The number of carbonyl (C=O) groups excluding carboxylic acids is 2. The minimum Gasteiger partial charge on any atom is -0.486 e. The monoisotopic (exact) mass is 423 g/mol. The Balaban J connectivity index is 1.56. The van der Waals surface area contributed by atoms with Crippen molar-refractivity contribution in [1.82, 2.24) is 4.98 Å². The molecule has 0 spiro atoms. The second-order valence-corrected chi connectivity index (χ2v) is 8.30. The first-order chi connectivity index (χ1) is 14.4. The maximum Gasteiger partial charge on any atom is 0.337 e. The maximum absolute atomic E-state index is 12.8. The minimum atomic E-state index is -0.439. The summed E-state index contributed by atoms with van der Waals surface area (Å²) in [4.78, 5) is 31.7. The van der Waals surface area contributed by atoms with Crippen LogP contribution in [0.3, 0.4) is 0 Å². The molecule has 0 aliphatic carbocycles. The van der Waals surface area contributed by atoms with Crippen LogP contribution < -0.4 is 15.0 Å². The molecule has 7 nitrogen and oxygen atoms in total. The molecule has 0 atom stereocenters. The molecule has 2 aromatic carbocycles. The summed E-state index contributed by atoms with van der Waals surface area (Å²) < 4.78 is 10.6. The molecule has 2 heterocycles. The number of benzene rings is 2. The normalized spacial score (nSPS) is 12.9. The van der Waals surface area contributed by atoms with Crippen molar-refractivity contribution in [2.24, 2.45) is 0 Å². The quantitative estimate of drug-likeness (QED) is 0.603. The zero-order valence-electron chi connectivity index (χ0n) is 16.9. The molecule has 0 saturated heterocycles. The van der Waals surface area contributed by atoms with Crippen LogP contribution in [0.25, 0.3) is 0 Å². The number of nitrogens with zero attached hydrogens (tertiary/aromatic N) is 2. The summed E-state index contributed by atoms with van der Waals surface area (Å²) in [7, 11) is 1.33. The number of fused-ring (bicyclic) bond motifs is 1. The zero-order chi connectivity index (χ0) is 21.3.